The van der Waals surface area contributed by atoms with Gasteiger partial charge < -0.3 is 4.79 Å². The lowest BCUT2D eigenvalue weighted by Crippen LogP contribution is -2.70. The van der Waals surface area contributed by atoms with Crippen LogP contribution in [0.15, 0.2) is 12.2 Å². The van der Waals surface area contributed by atoms with Crippen molar-refractivity contribution in [1.82, 2.24) is 0 Å². The molecule has 2 nitrogen and oxygen atoms in total. The molecular formula is C16H22O2. The molecule has 0 N–H and O–H groups in total. The van der Waals surface area contributed by atoms with Crippen molar-refractivity contribution < 1.29 is 9.59 Å². The van der Waals surface area contributed by atoms with Crippen molar-refractivity contribution in [2.24, 2.45) is 22.7 Å². The Balaban J connectivity index is 2.03. The molecule has 0 amide bonds. The van der Waals surface area contributed by atoms with Gasteiger partial charge in [0.1, 0.15) is 11.6 Å². The number of carbonyl (C=O) groups is 2. The Morgan fingerprint density at radius 2 is 2.00 bits per heavy atom. The molecule has 3 rings (SSSR count). The van der Waals surface area contributed by atoms with E-state index >= 15 is 0 Å². The van der Waals surface area contributed by atoms with Crippen molar-refractivity contribution >= 4 is 11.6 Å². The maximum absolute atomic E-state index is 12.1. The zero-order valence-corrected chi connectivity index (χ0v) is 11.4. The van der Waals surface area contributed by atoms with E-state index in [9.17, 15) is 9.59 Å². The van der Waals surface area contributed by atoms with Crippen molar-refractivity contribution in [1.29, 1.82) is 0 Å². The summed E-state index contributed by atoms with van der Waals surface area (Å²) < 4.78 is 0. The van der Waals surface area contributed by atoms with Gasteiger partial charge in [-0.05, 0) is 56.3 Å². The molecule has 0 unspecified atom stereocenters. The lowest BCUT2D eigenvalue weighted by molar-refractivity contribution is -0.234. The van der Waals surface area contributed by atoms with Crippen LogP contribution in [0.2, 0.25) is 0 Å². The van der Waals surface area contributed by atoms with Crippen LogP contribution in [-0.4, -0.2) is 11.6 Å². The molecule has 0 aromatic rings. The lowest BCUT2D eigenvalue weighted by atomic mass is 9.30. The number of allylic oxidation sites excluding steroid dienone is 2. The average Bonchev–Trinajstić information content (AvgIpc) is 2.27. The van der Waals surface area contributed by atoms with Gasteiger partial charge in [0.2, 0.25) is 0 Å². The van der Waals surface area contributed by atoms with Gasteiger partial charge in [-0.2, -0.15) is 0 Å². The van der Waals surface area contributed by atoms with Crippen molar-refractivity contribution in [3.63, 3.8) is 0 Å². The van der Waals surface area contributed by atoms with Gasteiger partial charge in [-0.1, -0.05) is 18.6 Å². The van der Waals surface area contributed by atoms with Crippen LogP contribution in [0.4, 0.5) is 0 Å². The Kier molecular flexibility index (Phi) is 2.55. The maximum atomic E-state index is 12.1. The fraction of sp³-hybridized carbons (Fsp3) is 0.750. The van der Waals surface area contributed by atoms with E-state index in [1.807, 2.05) is 0 Å². The molecule has 0 aliphatic heterocycles. The van der Waals surface area contributed by atoms with E-state index in [4.69, 9.17) is 0 Å². The van der Waals surface area contributed by atoms with Gasteiger partial charge in [0.15, 0.2) is 0 Å². The summed E-state index contributed by atoms with van der Waals surface area (Å²) in [4.78, 5) is 23.8. The molecule has 2 saturated carbocycles. The monoisotopic (exact) mass is 246 g/mol. The van der Waals surface area contributed by atoms with Crippen molar-refractivity contribution in [2.45, 2.75) is 52.4 Å². The number of ketones is 2. The van der Waals surface area contributed by atoms with E-state index < -0.39 is 0 Å². The Morgan fingerprint density at radius 1 is 1.22 bits per heavy atom. The van der Waals surface area contributed by atoms with Crippen molar-refractivity contribution in [2.75, 3.05) is 0 Å². The second-order valence-corrected chi connectivity index (χ2v) is 6.71. The Morgan fingerprint density at radius 3 is 2.67 bits per heavy atom. The predicted octanol–water partition coefficient (Wildman–Crippen LogP) is 3.31. The topological polar surface area (TPSA) is 34.1 Å². The highest BCUT2D eigenvalue weighted by molar-refractivity contribution is 5.85. The van der Waals surface area contributed by atoms with Gasteiger partial charge in [-0.3, -0.25) is 4.79 Å². The molecular weight excluding hydrogens is 224 g/mol. The maximum Gasteiger partial charge on any atom is 0.134 e. The first-order valence-electron chi connectivity index (χ1n) is 7.18. The molecule has 0 saturated heterocycles. The van der Waals surface area contributed by atoms with Crippen LogP contribution in [-0.2, 0) is 9.59 Å². The van der Waals surface area contributed by atoms with E-state index in [2.05, 4.69) is 12.2 Å². The molecule has 2 heteroatoms. The molecule has 3 aliphatic carbocycles. The van der Waals surface area contributed by atoms with Crippen LogP contribution in [0.1, 0.15) is 52.4 Å². The molecule has 98 valence electrons. The molecule has 0 spiro atoms. The number of rotatable bonds is 3. The van der Waals surface area contributed by atoms with Crippen molar-refractivity contribution in [3.8, 4) is 0 Å². The quantitative estimate of drug-likeness (QED) is 0.716. The average molecular weight is 246 g/mol. The Labute approximate surface area is 109 Å². The van der Waals surface area contributed by atoms with Crippen LogP contribution in [0.3, 0.4) is 0 Å². The van der Waals surface area contributed by atoms with E-state index in [1.165, 1.54) is 12.8 Å². The number of carbonyl (C=O) groups excluding carboxylic acids is 2. The molecule has 0 heterocycles. The highest BCUT2D eigenvalue weighted by Crippen LogP contribution is 2.76. The minimum absolute atomic E-state index is 0.0146. The highest BCUT2D eigenvalue weighted by Gasteiger charge is 2.72. The first-order valence-corrected chi connectivity index (χ1v) is 7.18. The fourth-order valence-electron chi connectivity index (χ4n) is 5.79. The van der Waals surface area contributed by atoms with Gasteiger partial charge in [0.25, 0.3) is 0 Å². The molecule has 0 radical (unpaired) electrons. The lowest BCUT2D eigenvalue weighted by Gasteiger charge is -2.73. The first kappa shape index (κ1) is 12.1. The van der Waals surface area contributed by atoms with E-state index in [-0.39, 0.29) is 22.5 Å². The highest BCUT2D eigenvalue weighted by atomic mass is 16.1. The zero-order valence-electron chi connectivity index (χ0n) is 11.4. The summed E-state index contributed by atoms with van der Waals surface area (Å²) in [5, 5.41) is 0. The second-order valence-electron chi connectivity index (χ2n) is 6.71. The first-order chi connectivity index (χ1) is 8.53. The fourth-order valence-corrected chi connectivity index (χ4v) is 5.79. The van der Waals surface area contributed by atoms with E-state index in [1.54, 1.807) is 13.8 Å². The van der Waals surface area contributed by atoms with Gasteiger partial charge >= 0.3 is 0 Å². The SMILES string of the molecule is CC(=O)C[C@@]12CCC[C@]3(CC=CC[C@@H]31)[C@@H]2C(C)=O. The summed E-state index contributed by atoms with van der Waals surface area (Å²) in [5.74, 6) is 1.31. The summed E-state index contributed by atoms with van der Waals surface area (Å²) in [6.07, 6.45) is 10.7. The van der Waals surface area contributed by atoms with Crippen LogP contribution in [0.5, 0.6) is 0 Å². The number of hydrogen-bond acceptors (Lipinski definition) is 2. The normalized spacial score (nSPS) is 45.0. The van der Waals surface area contributed by atoms with Crippen molar-refractivity contribution in [3.05, 3.63) is 12.2 Å². The van der Waals surface area contributed by atoms with E-state index in [0.717, 1.165) is 19.3 Å². The predicted molar refractivity (Wildman–Crippen MR) is 70.1 cm³/mol. The largest absolute Gasteiger partial charge is 0.300 e. The second kappa shape index (κ2) is 3.79. The summed E-state index contributed by atoms with van der Waals surface area (Å²) >= 11 is 0. The third kappa shape index (κ3) is 1.29. The standard InChI is InChI=1S/C16H22O2/c1-11(17)10-16-9-5-8-15(14(16)12(2)18)7-4-3-6-13(15)16/h3-4,13-14H,5-10H2,1-2H3/t13-,14-,15-,16-/m0/s1. The minimum atomic E-state index is 0.0146. The van der Waals surface area contributed by atoms with Gasteiger partial charge in [0, 0.05) is 12.3 Å². The molecule has 0 aromatic heterocycles. The van der Waals surface area contributed by atoms with E-state index in [0.29, 0.717) is 18.1 Å². The van der Waals surface area contributed by atoms with Crippen LogP contribution in [0, 0.1) is 22.7 Å². The van der Waals surface area contributed by atoms with Crippen LogP contribution >= 0.6 is 0 Å². The van der Waals surface area contributed by atoms with Gasteiger partial charge in [-0.25, -0.2) is 0 Å². The van der Waals surface area contributed by atoms with Crippen LogP contribution in [0.25, 0.3) is 0 Å². The number of Topliss-reactive ketones (excluding diaryl/α,β-unsaturated/α-hetero) is 2. The molecule has 2 fully saturated rings. The number of hydrogen-bond donors (Lipinski definition) is 0. The molecule has 3 aliphatic rings. The molecule has 4 atom stereocenters. The Hall–Kier alpha value is -0.920. The zero-order chi connectivity index (χ0) is 13.0. The minimum Gasteiger partial charge on any atom is -0.300 e. The summed E-state index contributed by atoms with van der Waals surface area (Å²) in [5.41, 5.74) is 0.231. The Bertz CT molecular complexity index is 436. The smallest absolute Gasteiger partial charge is 0.134 e. The summed E-state index contributed by atoms with van der Waals surface area (Å²) in [6.45, 7) is 3.42. The molecule has 18 heavy (non-hydrogen) atoms. The third-order valence-electron chi connectivity index (χ3n) is 5.84. The molecule has 0 aromatic carbocycles. The van der Waals surface area contributed by atoms with Gasteiger partial charge in [-0.15, -0.1) is 0 Å². The summed E-state index contributed by atoms with van der Waals surface area (Å²) in [7, 11) is 0. The van der Waals surface area contributed by atoms with Crippen LogP contribution < -0.4 is 0 Å². The third-order valence-corrected chi connectivity index (χ3v) is 5.84. The summed E-state index contributed by atoms with van der Waals surface area (Å²) in [6, 6.07) is 0. The van der Waals surface area contributed by atoms with Gasteiger partial charge in [0.05, 0.1) is 0 Å². The molecule has 2 bridgehead atoms.